The summed E-state index contributed by atoms with van der Waals surface area (Å²) in [5.74, 6) is 2.34. The molecule has 0 atom stereocenters. The lowest BCUT2D eigenvalue weighted by molar-refractivity contribution is -0.128. The van der Waals surface area contributed by atoms with E-state index in [1.54, 1.807) is 14.2 Å². The molecule has 0 saturated heterocycles. The van der Waals surface area contributed by atoms with Gasteiger partial charge in [0.05, 0.1) is 20.8 Å². The van der Waals surface area contributed by atoms with Gasteiger partial charge in [-0.05, 0) is 19.1 Å². The first-order valence-electron chi connectivity index (χ1n) is 9.21. The molecule has 0 unspecified atom stereocenters. The molecule has 0 aromatic heterocycles. The first-order valence-corrected chi connectivity index (χ1v) is 9.21. The van der Waals surface area contributed by atoms with Gasteiger partial charge >= 0.3 is 0 Å². The number of carbonyl (C=O) groups is 1. The van der Waals surface area contributed by atoms with Crippen LogP contribution in [0.15, 0.2) is 23.2 Å². The normalized spacial score (nSPS) is 11.3. The summed E-state index contributed by atoms with van der Waals surface area (Å²) in [5, 5.41) is 6.19. The van der Waals surface area contributed by atoms with Gasteiger partial charge in [-0.2, -0.15) is 0 Å². The van der Waals surface area contributed by atoms with E-state index < -0.39 is 5.41 Å². The van der Waals surface area contributed by atoms with E-state index >= 15 is 0 Å². The second kappa shape index (κ2) is 12.7. The van der Waals surface area contributed by atoms with Crippen LogP contribution in [0, 0.1) is 5.41 Å². The fourth-order valence-corrected chi connectivity index (χ4v) is 2.38. The molecule has 1 amide bonds. The molecule has 28 heavy (non-hydrogen) atoms. The number of aliphatic imine (C=N–C) groups is 1. The van der Waals surface area contributed by atoms with Crippen LogP contribution >= 0.6 is 24.0 Å². The molecular weight excluding hydrogens is 471 g/mol. The minimum atomic E-state index is -0.393. The first-order chi connectivity index (χ1) is 12.7. The van der Waals surface area contributed by atoms with Gasteiger partial charge in [0.1, 0.15) is 11.5 Å². The zero-order chi connectivity index (χ0) is 20.4. The highest BCUT2D eigenvalue weighted by Gasteiger charge is 2.20. The monoisotopic (exact) mass is 506 g/mol. The van der Waals surface area contributed by atoms with Gasteiger partial charge in [-0.15, -0.1) is 24.0 Å². The standard InChI is InChI=1S/C20H34N4O3.HI/c1-8-21-19(23-12-11-22-18(25)20(2,3)4)24(5)14-15-9-10-16(26-6)13-17(15)27-7;/h9-10,13H,8,11-12,14H2,1-7H3,(H,21,23)(H,22,25);1H. The topological polar surface area (TPSA) is 75.2 Å². The quantitative estimate of drug-likeness (QED) is 0.246. The highest BCUT2D eigenvalue weighted by Crippen LogP contribution is 2.25. The molecule has 0 aliphatic rings. The highest BCUT2D eigenvalue weighted by molar-refractivity contribution is 14.0. The smallest absolute Gasteiger partial charge is 0.225 e. The molecule has 0 spiro atoms. The van der Waals surface area contributed by atoms with Gasteiger partial charge < -0.3 is 25.0 Å². The van der Waals surface area contributed by atoms with Crippen molar-refractivity contribution in [3.8, 4) is 11.5 Å². The number of nitrogens with one attached hydrogen (secondary N) is 2. The van der Waals surface area contributed by atoms with E-state index in [1.807, 2.05) is 57.8 Å². The fourth-order valence-electron chi connectivity index (χ4n) is 2.38. The number of hydrogen-bond acceptors (Lipinski definition) is 4. The van der Waals surface area contributed by atoms with Crippen LogP contribution in [0.2, 0.25) is 0 Å². The van der Waals surface area contributed by atoms with E-state index in [9.17, 15) is 4.79 Å². The second-order valence-corrected chi connectivity index (χ2v) is 7.28. The Bertz CT molecular complexity index is 645. The molecule has 160 valence electrons. The molecule has 0 aliphatic carbocycles. The number of hydrogen-bond donors (Lipinski definition) is 2. The van der Waals surface area contributed by atoms with Gasteiger partial charge in [0.2, 0.25) is 5.91 Å². The van der Waals surface area contributed by atoms with Gasteiger partial charge in [0.15, 0.2) is 5.96 Å². The molecule has 1 rings (SSSR count). The van der Waals surface area contributed by atoms with E-state index in [1.165, 1.54) is 0 Å². The van der Waals surface area contributed by atoms with E-state index in [0.29, 0.717) is 19.6 Å². The molecule has 0 saturated carbocycles. The molecule has 8 heteroatoms. The summed E-state index contributed by atoms with van der Waals surface area (Å²) in [6.45, 7) is 10.1. The minimum absolute atomic E-state index is 0. The van der Waals surface area contributed by atoms with Crippen molar-refractivity contribution in [2.75, 3.05) is 40.9 Å². The van der Waals surface area contributed by atoms with Crippen molar-refractivity contribution in [1.29, 1.82) is 0 Å². The molecule has 2 N–H and O–H groups in total. The Morgan fingerprint density at radius 1 is 1.18 bits per heavy atom. The summed E-state index contributed by atoms with van der Waals surface area (Å²) in [5.41, 5.74) is 0.642. The van der Waals surface area contributed by atoms with Crippen molar-refractivity contribution in [2.45, 2.75) is 34.2 Å². The van der Waals surface area contributed by atoms with Crippen molar-refractivity contribution in [3.63, 3.8) is 0 Å². The average Bonchev–Trinajstić information content (AvgIpc) is 2.63. The average molecular weight is 506 g/mol. The molecule has 1 aromatic carbocycles. The molecule has 0 fully saturated rings. The van der Waals surface area contributed by atoms with Crippen molar-refractivity contribution in [1.82, 2.24) is 15.5 Å². The lowest BCUT2D eigenvalue weighted by Crippen LogP contribution is -2.40. The van der Waals surface area contributed by atoms with Crippen LogP contribution in [-0.4, -0.2) is 57.7 Å². The maximum absolute atomic E-state index is 11.9. The zero-order valence-electron chi connectivity index (χ0n) is 18.1. The number of guanidine groups is 1. The predicted molar refractivity (Wildman–Crippen MR) is 125 cm³/mol. The summed E-state index contributed by atoms with van der Waals surface area (Å²) in [7, 11) is 5.25. The first kappa shape index (κ1) is 26.3. The number of benzene rings is 1. The third-order valence-electron chi connectivity index (χ3n) is 3.94. The number of nitrogens with zero attached hydrogens (tertiary/aromatic N) is 2. The molecular formula is C20H35IN4O3. The summed E-state index contributed by atoms with van der Waals surface area (Å²) in [4.78, 5) is 18.6. The van der Waals surface area contributed by atoms with Crippen LogP contribution in [0.4, 0.5) is 0 Å². The molecule has 1 aromatic rings. The van der Waals surface area contributed by atoms with Gasteiger partial charge in [-0.25, -0.2) is 0 Å². The molecule has 0 heterocycles. The van der Waals surface area contributed by atoms with Gasteiger partial charge in [-0.3, -0.25) is 9.79 Å². The van der Waals surface area contributed by atoms with Crippen LogP contribution in [0.5, 0.6) is 11.5 Å². The SMILES string of the molecule is CCNC(=NCCNC(=O)C(C)(C)C)N(C)Cc1ccc(OC)cc1OC.I. The Balaban J connectivity index is 0.00000729. The van der Waals surface area contributed by atoms with Crippen LogP contribution in [0.1, 0.15) is 33.3 Å². The number of carbonyl (C=O) groups excluding carboxylic acids is 1. The summed E-state index contributed by atoms with van der Waals surface area (Å²) < 4.78 is 10.7. The van der Waals surface area contributed by atoms with Crippen molar-refractivity contribution >= 4 is 35.8 Å². The zero-order valence-corrected chi connectivity index (χ0v) is 20.4. The molecule has 0 bridgehead atoms. The van der Waals surface area contributed by atoms with E-state index in [-0.39, 0.29) is 29.9 Å². The maximum Gasteiger partial charge on any atom is 0.225 e. The fraction of sp³-hybridized carbons (Fsp3) is 0.600. The Morgan fingerprint density at radius 2 is 1.86 bits per heavy atom. The van der Waals surface area contributed by atoms with Gasteiger partial charge in [0.25, 0.3) is 0 Å². The molecule has 7 nitrogen and oxygen atoms in total. The van der Waals surface area contributed by atoms with E-state index in [0.717, 1.165) is 29.6 Å². The van der Waals surface area contributed by atoms with Crippen LogP contribution in [-0.2, 0) is 11.3 Å². The lowest BCUT2D eigenvalue weighted by atomic mass is 9.96. The third-order valence-corrected chi connectivity index (χ3v) is 3.94. The number of ether oxygens (including phenoxy) is 2. The summed E-state index contributed by atoms with van der Waals surface area (Å²) in [6, 6.07) is 5.77. The summed E-state index contributed by atoms with van der Waals surface area (Å²) >= 11 is 0. The number of rotatable bonds is 8. The van der Waals surface area contributed by atoms with Crippen molar-refractivity contribution in [2.24, 2.45) is 10.4 Å². The summed E-state index contributed by atoms with van der Waals surface area (Å²) in [6.07, 6.45) is 0. The van der Waals surface area contributed by atoms with Crippen molar-refractivity contribution in [3.05, 3.63) is 23.8 Å². The number of methoxy groups -OCH3 is 2. The minimum Gasteiger partial charge on any atom is -0.497 e. The van der Waals surface area contributed by atoms with Crippen molar-refractivity contribution < 1.29 is 14.3 Å². The van der Waals surface area contributed by atoms with Gasteiger partial charge in [-0.1, -0.05) is 20.8 Å². The van der Waals surface area contributed by atoms with E-state index in [4.69, 9.17) is 9.47 Å². The Labute approximate surface area is 186 Å². The van der Waals surface area contributed by atoms with Crippen LogP contribution < -0.4 is 20.1 Å². The molecule has 0 radical (unpaired) electrons. The lowest BCUT2D eigenvalue weighted by Gasteiger charge is -2.23. The second-order valence-electron chi connectivity index (χ2n) is 7.28. The molecule has 0 aliphatic heterocycles. The van der Waals surface area contributed by atoms with E-state index in [2.05, 4.69) is 15.6 Å². The Kier molecular flexibility index (Phi) is 11.9. The number of halogens is 1. The predicted octanol–water partition coefficient (Wildman–Crippen LogP) is 2.88. The number of amides is 1. The van der Waals surface area contributed by atoms with Crippen LogP contribution in [0.25, 0.3) is 0 Å². The Morgan fingerprint density at radius 3 is 2.39 bits per heavy atom. The van der Waals surface area contributed by atoms with Gasteiger partial charge in [0, 0.05) is 43.7 Å². The Hall–Kier alpha value is -1.71. The maximum atomic E-state index is 11.9. The largest absolute Gasteiger partial charge is 0.497 e. The highest BCUT2D eigenvalue weighted by atomic mass is 127. The van der Waals surface area contributed by atoms with Crippen LogP contribution in [0.3, 0.4) is 0 Å². The third kappa shape index (κ3) is 8.53.